The Kier molecular flexibility index (Phi) is 6.68. The molecule has 3 aromatic rings. The van der Waals surface area contributed by atoms with Crippen molar-refractivity contribution in [2.45, 2.75) is 51.6 Å². The van der Waals surface area contributed by atoms with E-state index in [1.54, 1.807) is 11.3 Å². The Morgan fingerprint density at radius 1 is 1.38 bits per heavy atom. The third-order valence-electron chi connectivity index (χ3n) is 6.49. The third-order valence-corrected chi connectivity index (χ3v) is 8.51. The van der Waals surface area contributed by atoms with E-state index < -0.39 is 0 Å². The standard InChI is InChI=1S/C24H27N5OS2/c1-4-24(2,3)16-10-11-17-18(13-25)22(32-19(17)12-16)26-20(30)14-31-23-27-21(28-29-23)15-8-6-5-7-9-15/h5-9,16H,4,10-12,14H2,1-3H3,(H,26,30)(H,27,28,29)/t16-/m0/s1. The third kappa shape index (κ3) is 4.74. The van der Waals surface area contributed by atoms with Gasteiger partial charge in [0, 0.05) is 10.4 Å². The van der Waals surface area contributed by atoms with Crippen molar-refractivity contribution in [3.63, 3.8) is 0 Å². The van der Waals surface area contributed by atoms with Gasteiger partial charge in [0.25, 0.3) is 0 Å². The van der Waals surface area contributed by atoms with Crippen LogP contribution in [0.2, 0.25) is 0 Å². The van der Waals surface area contributed by atoms with Gasteiger partial charge in [-0.15, -0.1) is 16.4 Å². The Morgan fingerprint density at radius 3 is 2.88 bits per heavy atom. The molecule has 2 heterocycles. The van der Waals surface area contributed by atoms with Crippen LogP contribution in [0.3, 0.4) is 0 Å². The zero-order valence-electron chi connectivity index (χ0n) is 18.6. The van der Waals surface area contributed by atoms with Crippen LogP contribution >= 0.6 is 23.1 Å². The number of benzene rings is 1. The van der Waals surface area contributed by atoms with Gasteiger partial charge in [0.05, 0.1) is 11.3 Å². The van der Waals surface area contributed by atoms with Crippen molar-refractivity contribution >= 4 is 34.0 Å². The van der Waals surface area contributed by atoms with Crippen LogP contribution in [0, 0.1) is 22.7 Å². The molecule has 0 saturated carbocycles. The zero-order chi connectivity index (χ0) is 22.7. The van der Waals surface area contributed by atoms with E-state index in [1.165, 1.54) is 16.6 Å². The monoisotopic (exact) mass is 465 g/mol. The van der Waals surface area contributed by atoms with Crippen LogP contribution in [0.15, 0.2) is 35.5 Å². The number of amides is 1. The van der Waals surface area contributed by atoms with Gasteiger partial charge in [0.1, 0.15) is 11.1 Å². The number of hydrogen-bond acceptors (Lipinski definition) is 6. The van der Waals surface area contributed by atoms with Crippen molar-refractivity contribution in [2.75, 3.05) is 11.1 Å². The molecule has 1 atom stereocenters. The van der Waals surface area contributed by atoms with E-state index >= 15 is 0 Å². The molecule has 0 bridgehead atoms. The number of H-pyrrole nitrogens is 1. The molecule has 1 amide bonds. The molecular weight excluding hydrogens is 438 g/mol. The summed E-state index contributed by atoms with van der Waals surface area (Å²) in [7, 11) is 0. The molecule has 0 spiro atoms. The Hall–Kier alpha value is -2.63. The maximum absolute atomic E-state index is 12.6. The number of anilines is 1. The lowest BCUT2D eigenvalue weighted by atomic mass is 9.69. The number of nitrogens with zero attached hydrogens (tertiary/aromatic N) is 3. The number of rotatable bonds is 7. The first kappa shape index (κ1) is 22.6. The van der Waals surface area contributed by atoms with E-state index in [1.807, 2.05) is 30.3 Å². The van der Waals surface area contributed by atoms with Crippen molar-refractivity contribution < 1.29 is 4.79 Å². The van der Waals surface area contributed by atoms with Crippen molar-refractivity contribution in [2.24, 2.45) is 11.3 Å². The minimum Gasteiger partial charge on any atom is -0.316 e. The molecule has 0 fully saturated rings. The molecule has 4 rings (SSSR count). The molecule has 1 aromatic carbocycles. The molecule has 0 unspecified atom stereocenters. The Labute approximate surface area is 196 Å². The summed E-state index contributed by atoms with van der Waals surface area (Å²) in [5.74, 6) is 1.32. The Morgan fingerprint density at radius 2 is 2.16 bits per heavy atom. The number of carbonyl (C=O) groups is 1. The number of nitrogens with one attached hydrogen (secondary N) is 2. The molecule has 1 aliphatic carbocycles. The number of nitriles is 1. The second-order valence-electron chi connectivity index (χ2n) is 8.77. The summed E-state index contributed by atoms with van der Waals surface area (Å²) in [5, 5.41) is 21.0. The number of thioether (sulfide) groups is 1. The van der Waals surface area contributed by atoms with Crippen molar-refractivity contribution in [1.82, 2.24) is 15.2 Å². The fraction of sp³-hybridized carbons (Fsp3) is 0.417. The topological polar surface area (TPSA) is 94.5 Å². The normalized spacial score (nSPS) is 15.8. The fourth-order valence-corrected chi connectivity index (χ4v) is 5.97. The molecule has 0 aliphatic heterocycles. The number of aromatic amines is 1. The maximum atomic E-state index is 12.6. The summed E-state index contributed by atoms with van der Waals surface area (Å²) in [6, 6.07) is 12.1. The molecule has 2 aromatic heterocycles. The van der Waals surface area contributed by atoms with E-state index in [9.17, 15) is 10.1 Å². The molecular formula is C24H27N5OS2. The van der Waals surface area contributed by atoms with Crippen molar-refractivity contribution in [1.29, 1.82) is 5.26 Å². The Bertz CT molecular complexity index is 1140. The quantitative estimate of drug-likeness (QED) is 0.438. The van der Waals surface area contributed by atoms with Gasteiger partial charge in [-0.25, -0.2) is 4.98 Å². The highest BCUT2D eigenvalue weighted by Gasteiger charge is 2.34. The molecule has 1 aliphatic rings. The molecule has 8 heteroatoms. The predicted octanol–water partition coefficient (Wildman–Crippen LogP) is 5.68. The summed E-state index contributed by atoms with van der Waals surface area (Å²) < 4.78 is 0. The van der Waals surface area contributed by atoms with E-state index in [4.69, 9.17) is 0 Å². The lowest BCUT2D eigenvalue weighted by molar-refractivity contribution is -0.113. The summed E-state index contributed by atoms with van der Waals surface area (Å²) in [6.07, 6.45) is 4.13. The van der Waals surface area contributed by atoms with Crippen LogP contribution in [0.1, 0.15) is 49.6 Å². The van der Waals surface area contributed by atoms with Crippen LogP contribution in [0.5, 0.6) is 0 Å². The van der Waals surface area contributed by atoms with Gasteiger partial charge < -0.3 is 5.32 Å². The van der Waals surface area contributed by atoms with Crippen LogP contribution in [-0.4, -0.2) is 26.8 Å². The lowest BCUT2D eigenvalue weighted by Crippen LogP contribution is -2.28. The number of thiophene rings is 1. The predicted molar refractivity (Wildman–Crippen MR) is 130 cm³/mol. The molecule has 6 nitrogen and oxygen atoms in total. The maximum Gasteiger partial charge on any atom is 0.235 e. The van der Waals surface area contributed by atoms with Gasteiger partial charge >= 0.3 is 0 Å². The van der Waals surface area contributed by atoms with Crippen LogP contribution in [0.25, 0.3) is 11.4 Å². The van der Waals surface area contributed by atoms with Gasteiger partial charge in [-0.3, -0.25) is 9.89 Å². The highest BCUT2D eigenvalue weighted by atomic mass is 32.2. The molecule has 2 N–H and O–H groups in total. The van der Waals surface area contributed by atoms with Crippen molar-refractivity contribution in [3.8, 4) is 17.5 Å². The second-order valence-corrected chi connectivity index (χ2v) is 10.8. The lowest BCUT2D eigenvalue weighted by Gasteiger charge is -2.36. The van der Waals surface area contributed by atoms with Gasteiger partial charge in [0.15, 0.2) is 5.82 Å². The number of aromatic nitrogens is 3. The minimum absolute atomic E-state index is 0.151. The highest BCUT2D eigenvalue weighted by molar-refractivity contribution is 7.99. The average molecular weight is 466 g/mol. The fourth-order valence-electron chi connectivity index (χ4n) is 4.08. The summed E-state index contributed by atoms with van der Waals surface area (Å²) in [6.45, 7) is 6.90. The summed E-state index contributed by atoms with van der Waals surface area (Å²) in [4.78, 5) is 18.3. The minimum atomic E-state index is -0.151. The SMILES string of the molecule is CCC(C)(C)[C@H]1CCc2c(sc(NC(=O)CSc3n[nH]c(-c4ccccc4)n3)c2C#N)C1. The Balaban J connectivity index is 1.40. The first-order chi connectivity index (χ1) is 15.4. The van der Waals surface area contributed by atoms with Crippen LogP contribution in [-0.2, 0) is 17.6 Å². The molecule has 0 saturated heterocycles. The average Bonchev–Trinajstić information content (AvgIpc) is 3.42. The summed E-state index contributed by atoms with van der Waals surface area (Å²) in [5.41, 5.74) is 3.00. The molecule has 32 heavy (non-hydrogen) atoms. The van der Waals surface area contributed by atoms with Gasteiger partial charge in [0.2, 0.25) is 11.1 Å². The summed E-state index contributed by atoms with van der Waals surface area (Å²) >= 11 is 2.84. The first-order valence-electron chi connectivity index (χ1n) is 10.9. The van der Waals surface area contributed by atoms with E-state index in [0.717, 1.165) is 36.8 Å². The van der Waals surface area contributed by atoms with Crippen molar-refractivity contribution in [3.05, 3.63) is 46.3 Å². The van der Waals surface area contributed by atoms with E-state index in [2.05, 4.69) is 47.3 Å². The second kappa shape index (κ2) is 9.47. The van der Waals surface area contributed by atoms with E-state index in [0.29, 0.717) is 27.5 Å². The number of hydrogen-bond donors (Lipinski definition) is 2. The van der Waals surface area contributed by atoms with Gasteiger partial charge in [-0.2, -0.15) is 5.26 Å². The highest BCUT2D eigenvalue weighted by Crippen LogP contribution is 2.45. The first-order valence-corrected chi connectivity index (χ1v) is 12.7. The van der Waals surface area contributed by atoms with Gasteiger partial charge in [-0.1, -0.05) is 69.3 Å². The number of fused-ring (bicyclic) bond motifs is 1. The van der Waals surface area contributed by atoms with Crippen LogP contribution < -0.4 is 5.32 Å². The number of carbonyl (C=O) groups excluding carboxylic acids is 1. The zero-order valence-corrected chi connectivity index (χ0v) is 20.2. The van der Waals surface area contributed by atoms with Gasteiger partial charge in [-0.05, 0) is 36.2 Å². The molecule has 166 valence electrons. The molecule has 0 radical (unpaired) electrons. The van der Waals surface area contributed by atoms with E-state index in [-0.39, 0.29) is 17.1 Å². The largest absolute Gasteiger partial charge is 0.316 e. The van der Waals surface area contributed by atoms with Crippen LogP contribution in [0.4, 0.5) is 5.00 Å². The smallest absolute Gasteiger partial charge is 0.235 e.